The Labute approximate surface area is 155 Å². The third-order valence-electron chi connectivity index (χ3n) is 4.97. The zero-order chi connectivity index (χ0) is 18.4. The number of hydrogen-bond acceptors (Lipinski definition) is 4. The third kappa shape index (κ3) is 4.59. The van der Waals surface area contributed by atoms with Crippen LogP contribution in [0.1, 0.15) is 54.4 Å². The number of nitrogens with one attached hydrogen (secondary N) is 1. The molecule has 138 valence electrons. The number of anilines is 1. The van der Waals surface area contributed by atoms with Crippen molar-refractivity contribution in [3.05, 3.63) is 53.3 Å². The maximum atomic E-state index is 12.6. The van der Waals surface area contributed by atoms with E-state index >= 15 is 0 Å². The molecule has 5 nitrogen and oxygen atoms in total. The van der Waals surface area contributed by atoms with E-state index in [4.69, 9.17) is 0 Å². The molecule has 0 aliphatic carbocycles. The second-order valence-electron chi connectivity index (χ2n) is 6.94. The molecule has 2 heterocycles. The molecule has 0 radical (unpaired) electrons. The third-order valence-corrected chi connectivity index (χ3v) is 4.97. The van der Waals surface area contributed by atoms with Crippen LogP contribution in [-0.2, 0) is 6.42 Å². The molecule has 3 rings (SSSR count). The average molecular weight is 352 g/mol. The molecular formula is C21H28N4O. The van der Waals surface area contributed by atoms with Gasteiger partial charge in [-0.1, -0.05) is 37.3 Å². The Morgan fingerprint density at radius 1 is 1.23 bits per heavy atom. The van der Waals surface area contributed by atoms with Crippen molar-refractivity contribution in [1.29, 1.82) is 0 Å². The Kier molecular flexibility index (Phi) is 6.21. The van der Waals surface area contributed by atoms with Crippen LogP contribution < -0.4 is 10.2 Å². The van der Waals surface area contributed by atoms with E-state index in [1.165, 1.54) is 18.4 Å². The predicted molar refractivity (Wildman–Crippen MR) is 105 cm³/mol. The zero-order valence-electron chi connectivity index (χ0n) is 15.7. The molecule has 1 N–H and O–H groups in total. The van der Waals surface area contributed by atoms with Crippen molar-refractivity contribution in [3.8, 4) is 0 Å². The first kappa shape index (κ1) is 18.4. The molecule has 1 atom stereocenters. The van der Waals surface area contributed by atoms with E-state index < -0.39 is 0 Å². The van der Waals surface area contributed by atoms with E-state index in [1.54, 1.807) is 6.07 Å². The number of nitrogens with zero attached hydrogens (tertiary/aromatic N) is 3. The van der Waals surface area contributed by atoms with Crippen LogP contribution in [0.4, 0.5) is 5.95 Å². The molecule has 1 aliphatic heterocycles. The summed E-state index contributed by atoms with van der Waals surface area (Å²) < 4.78 is 0. The highest BCUT2D eigenvalue weighted by Gasteiger charge is 2.24. The number of amides is 1. The van der Waals surface area contributed by atoms with E-state index in [0.29, 0.717) is 24.2 Å². The second kappa shape index (κ2) is 8.79. The lowest BCUT2D eigenvalue weighted by Crippen LogP contribution is -2.40. The lowest BCUT2D eigenvalue weighted by atomic mass is 10.0. The maximum Gasteiger partial charge on any atom is 0.270 e. The summed E-state index contributed by atoms with van der Waals surface area (Å²) in [6.07, 6.45) is 5.48. The van der Waals surface area contributed by atoms with Crippen LogP contribution in [0.15, 0.2) is 36.4 Å². The molecule has 1 saturated heterocycles. The SMILES string of the molecule is CCC1CCCCN1c1nc(C)cc(C(=O)NCCc2ccccc2)n1. The van der Waals surface area contributed by atoms with Crippen LogP contribution >= 0.6 is 0 Å². The summed E-state index contributed by atoms with van der Waals surface area (Å²) in [5.41, 5.74) is 2.51. The van der Waals surface area contributed by atoms with Gasteiger partial charge in [0.1, 0.15) is 5.69 Å². The molecule has 1 aromatic carbocycles. The van der Waals surface area contributed by atoms with E-state index in [-0.39, 0.29) is 5.91 Å². The Morgan fingerprint density at radius 3 is 2.81 bits per heavy atom. The van der Waals surface area contributed by atoms with Crippen LogP contribution in [0.25, 0.3) is 0 Å². The topological polar surface area (TPSA) is 58.1 Å². The number of aromatic nitrogens is 2. The molecule has 26 heavy (non-hydrogen) atoms. The molecule has 5 heteroatoms. The molecule has 1 amide bonds. The standard InChI is InChI=1S/C21H28N4O/c1-3-18-11-7-8-14-25(18)21-23-16(2)15-19(24-21)20(26)22-13-12-17-9-5-4-6-10-17/h4-6,9-10,15,18H,3,7-8,11-14H2,1-2H3,(H,22,26). The highest BCUT2D eigenvalue weighted by atomic mass is 16.1. The Hall–Kier alpha value is -2.43. The quantitative estimate of drug-likeness (QED) is 0.864. The molecular weight excluding hydrogens is 324 g/mol. The minimum Gasteiger partial charge on any atom is -0.350 e. The number of hydrogen-bond donors (Lipinski definition) is 1. The van der Waals surface area contributed by atoms with Crippen LogP contribution in [0.3, 0.4) is 0 Å². The summed E-state index contributed by atoms with van der Waals surface area (Å²) >= 11 is 0. The van der Waals surface area contributed by atoms with E-state index in [9.17, 15) is 4.79 Å². The monoisotopic (exact) mass is 352 g/mol. The first-order valence-electron chi connectivity index (χ1n) is 9.62. The van der Waals surface area contributed by atoms with Crippen LogP contribution in [0.2, 0.25) is 0 Å². The van der Waals surface area contributed by atoms with Gasteiger partial charge in [-0.25, -0.2) is 9.97 Å². The van der Waals surface area contributed by atoms with Gasteiger partial charge in [-0.05, 0) is 50.7 Å². The van der Waals surface area contributed by atoms with Crippen molar-refractivity contribution in [1.82, 2.24) is 15.3 Å². The van der Waals surface area contributed by atoms with Crippen molar-refractivity contribution in [3.63, 3.8) is 0 Å². The fourth-order valence-corrected chi connectivity index (χ4v) is 3.54. The van der Waals surface area contributed by atoms with Gasteiger partial charge in [-0.3, -0.25) is 4.79 Å². The summed E-state index contributed by atoms with van der Waals surface area (Å²) in [7, 11) is 0. The average Bonchev–Trinajstić information content (AvgIpc) is 2.68. The predicted octanol–water partition coefficient (Wildman–Crippen LogP) is 3.53. The van der Waals surface area contributed by atoms with Gasteiger partial charge in [0.25, 0.3) is 5.91 Å². The van der Waals surface area contributed by atoms with Gasteiger partial charge in [-0.2, -0.15) is 0 Å². The fraction of sp³-hybridized carbons (Fsp3) is 0.476. The van der Waals surface area contributed by atoms with Gasteiger partial charge in [-0.15, -0.1) is 0 Å². The highest BCUT2D eigenvalue weighted by molar-refractivity contribution is 5.92. The van der Waals surface area contributed by atoms with E-state index in [0.717, 1.165) is 31.5 Å². The summed E-state index contributed by atoms with van der Waals surface area (Å²) in [6, 6.07) is 12.4. The van der Waals surface area contributed by atoms with Crippen molar-refractivity contribution >= 4 is 11.9 Å². The van der Waals surface area contributed by atoms with Crippen molar-refractivity contribution in [2.75, 3.05) is 18.0 Å². The van der Waals surface area contributed by atoms with Gasteiger partial charge < -0.3 is 10.2 Å². The molecule has 1 unspecified atom stereocenters. The van der Waals surface area contributed by atoms with Crippen molar-refractivity contribution < 1.29 is 4.79 Å². The Balaban J connectivity index is 1.67. The summed E-state index contributed by atoms with van der Waals surface area (Å²) in [4.78, 5) is 24.0. The summed E-state index contributed by atoms with van der Waals surface area (Å²) in [5.74, 6) is 0.572. The minimum absolute atomic E-state index is 0.127. The fourth-order valence-electron chi connectivity index (χ4n) is 3.54. The van der Waals surface area contributed by atoms with Crippen LogP contribution in [0, 0.1) is 6.92 Å². The van der Waals surface area contributed by atoms with Crippen molar-refractivity contribution in [2.24, 2.45) is 0 Å². The van der Waals surface area contributed by atoms with Crippen molar-refractivity contribution in [2.45, 2.75) is 52.0 Å². The van der Waals surface area contributed by atoms with Crippen LogP contribution in [-0.4, -0.2) is 35.0 Å². The number of benzene rings is 1. The molecule has 0 bridgehead atoms. The zero-order valence-corrected chi connectivity index (χ0v) is 15.7. The van der Waals surface area contributed by atoms with E-state index in [1.807, 2.05) is 25.1 Å². The van der Waals surface area contributed by atoms with Gasteiger partial charge >= 0.3 is 0 Å². The largest absolute Gasteiger partial charge is 0.350 e. The molecule has 1 fully saturated rings. The molecule has 0 saturated carbocycles. The summed E-state index contributed by atoms with van der Waals surface area (Å²) in [6.45, 7) is 5.70. The molecule has 2 aromatic rings. The molecule has 0 spiro atoms. The smallest absolute Gasteiger partial charge is 0.270 e. The lowest BCUT2D eigenvalue weighted by molar-refractivity contribution is 0.0949. The van der Waals surface area contributed by atoms with Gasteiger partial charge in [0, 0.05) is 24.8 Å². The minimum atomic E-state index is -0.127. The molecule has 1 aromatic heterocycles. The maximum absolute atomic E-state index is 12.6. The number of rotatable bonds is 6. The number of piperidine rings is 1. The number of carbonyl (C=O) groups excluding carboxylic acids is 1. The van der Waals surface area contributed by atoms with Gasteiger partial charge in [0.15, 0.2) is 0 Å². The number of aryl methyl sites for hydroxylation is 1. The van der Waals surface area contributed by atoms with E-state index in [2.05, 4.69) is 39.2 Å². The molecule has 1 aliphatic rings. The van der Waals surface area contributed by atoms with Gasteiger partial charge in [0.05, 0.1) is 0 Å². The Bertz CT molecular complexity index is 732. The number of carbonyl (C=O) groups is 1. The lowest BCUT2D eigenvalue weighted by Gasteiger charge is -2.35. The second-order valence-corrected chi connectivity index (χ2v) is 6.94. The first-order chi connectivity index (χ1) is 12.7. The Morgan fingerprint density at radius 2 is 2.04 bits per heavy atom. The highest BCUT2D eigenvalue weighted by Crippen LogP contribution is 2.24. The van der Waals surface area contributed by atoms with Gasteiger partial charge in [0.2, 0.25) is 5.95 Å². The normalized spacial score (nSPS) is 17.2. The van der Waals surface area contributed by atoms with Crippen LogP contribution in [0.5, 0.6) is 0 Å². The summed E-state index contributed by atoms with van der Waals surface area (Å²) in [5, 5.41) is 2.98. The first-order valence-corrected chi connectivity index (χ1v) is 9.62.